The van der Waals surface area contributed by atoms with Crippen molar-refractivity contribution < 1.29 is 4.74 Å². The van der Waals surface area contributed by atoms with E-state index >= 15 is 0 Å². The van der Waals surface area contributed by atoms with Gasteiger partial charge in [0.1, 0.15) is 11.4 Å². The van der Waals surface area contributed by atoms with Crippen LogP contribution in [0.25, 0.3) is 17.2 Å². The molecule has 1 aliphatic heterocycles. The summed E-state index contributed by atoms with van der Waals surface area (Å²) in [6.45, 7) is 4.12. The minimum absolute atomic E-state index is 0.411. The molecule has 0 atom stereocenters. The quantitative estimate of drug-likeness (QED) is 0.791. The second-order valence-corrected chi connectivity index (χ2v) is 6.34. The third kappa shape index (κ3) is 3.02. The third-order valence-electron chi connectivity index (χ3n) is 4.73. The summed E-state index contributed by atoms with van der Waals surface area (Å²) in [5.41, 5.74) is 2.97. The molecule has 1 saturated heterocycles. The highest BCUT2D eigenvalue weighted by molar-refractivity contribution is 5.55. The third-order valence-corrected chi connectivity index (χ3v) is 4.73. The maximum Gasteiger partial charge on any atom is 0.166 e. The van der Waals surface area contributed by atoms with Crippen LogP contribution in [0.1, 0.15) is 24.4 Å². The first-order valence-electron chi connectivity index (χ1n) is 8.57. The molecule has 0 radical (unpaired) electrons. The highest BCUT2D eigenvalue weighted by atomic mass is 16.5. The lowest BCUT2D eigenvalue weighted by atomic mass is 10.1. The van der Waals surface area contributed by atoms with Crippen molar-refractivity contribution in [1.82, 2.24) is 29.9 Å². The van der Waals surface area contributed by atoms with Gasteiger partial charge in [0.2, 0.25) is 0 Å². The van der Waals surface area contributed by atoms with Gasteiger partial charge in [0.25, 0.3) is 0 Å². The van der Waals surface area contributed by atoms with Crippen LogP contribution in [0.2, 0.25) is 0 Å². The molecule has 0 unspecified atom stereocenters. The molecule has 3 aromatic rings. The van der Waals surface area contributed by atoms with E-state index in [0.29, 0.717) is 6.04 Å². The number of methoxy groups -OCH3 is 1. The molecule has 7 heteroatoms. The SMILES string of the molecule is COc1ccc(-n2ccnc2-c2cn(C3CCNCC3)nn2)c(C)c1. The van der Waals surface area contributed by atoms with Crippen molar-refractivity contribution in [2.24, 2.45) is 0 Å². The number of imidazole rings is 1. The van der Waals surface area contributed by atoms with Crippen molar-refractivity contribution in [3.63, 3.8) is 0 Å². The average Bonchev–Trinajstić information content (AvgIpc) is 3.31. The Morgan fingerprint density at radius 2 is 2.08 bits per heavy atom. The van der Waals surface area contributed by atoms with Crippen molar-refractivity contribution in [3.8, 4) is 23.0 Å². The first-order valence-corrected chi connectivity index (χ1v) is 8.57. The van der Waals surface area contributed by atoms with Crippen LogP contribution in [0.4, 0.5) is 0 Å². The molecule has 130 valence electrons. The van der Waals surface area contributed by atoms with Gasteiger partial charge in [0.15, 0.2) is 5.82 Å². The number of hydrogen-bond acceptors (Lipinski definition) is 5. The zero-order chi connectivity index (χ0) is 17.2. The number of ether oxygens (including phenoxy) is 1. The van der Waals surface area contributed by atoms with Crippen LogP contribution in [0.15, 0.2) is 36.8 Å². The summed E-state index contributed by atoms with van der Waals surface area (Å²) in [5.74, 6) is 1.65. The zero-order valence-electron chi connectivity index (χ0n) is 14.5. The Morgan fingerprint density at radius 3 is 2.84 bits per heavy atom. The molecule has 1 aromatic carbocycles. The lowest BCUT2D eigenvalue weighted by Crippen LogP contribution is -2.29. The second kappa shape index (κ2) is 6.68. The van der Waals surface area contributed by atoms with Crippen molar-refractivity contribution in [2.45, 2.75) is 25.8 Å². The number of piperidine rings is 1. The van der Waals surface area contributed by atoms with E-state index in [2.05, 4.69) is 27.5 Å². The number of rotatable bonds is 4. The lowest BCUT2D eigenvalue weighted by molar-refractivity contribution is 0.337. The largest absolute Gasteiger partial charge is 0.497 e. The van der Waals surface area contributed by atoms with Crippen LogP contribution in [-0.4, -0.2) is 44.7 Å². The fourth-order valence-electron chi connectivity index (χ4n) is 3.34. The van der Waals surface area contributed by atoms with Crippen LogP contribution in [0.3, 0.4) is 0 Å². The predicted molar refractivity (Wildman–Crippen MR) is 95.0 cm³/mol. The standard InChI is InChI=1S/C18H22N6O/c1-13-11-15(25-2)3-4-17(13)23-10-9-20-18(23)16-12-24(22-21-16)14-5-7-19-8-6-14/h3-4,9-12,14,19H,5-8H2,1-2H3. The summed E-state index contributed by atoms with van der Waals surface area (Å²) in [6, 6.07) is 6.42. The fourth-order valence-corrected chi connectivity index (χ4v) is 3.34. The number of hydrogen-bond donors (Lipinski definition) is 1. The summed E-state index contributed by atoms with van der Waals surface area (Å²) in [6.07, 6.45) is 7.91. The van der Waals surface area contributed by atoms with Crippen molar-refractivity contribution in [3.05, 3.63) is 42.4 Å². The summed E-state index contributed by atoms with van der Waals surface area (Å²) in [5, 5.41) is 12.1. The van der Waals surface area contributed by atoms with Crippen LogP contribution < -0.4 is 10.1 Å². The summed E-state index contributed by atoms with van der Waals surface area (Å²) >= 11 is 0. The molecular weight excluding hydrogens is 316 g/mol. The van der Waals surface area contributed by atoms with Crippen molar-refractivity contribution in [2.75, 3.05) is 20.2 Å². The van der Waals surface area contributed by atoms with E-state index in [0.717, 1.165) is 54.4 Å². The van der Waals surface area contributed by atoms with Gasteiger partial charge in [-0.3, -0.25) is 4.57 Å². The van der Waals surface area contributed by atoms with Gasteiger partial charge in [-0.05, 0) is 56.6 Å². The summed E-state index contributed by atoms with van der Waals surface area (Å²) in [7, 11) is 1.68. The normalized spacial score (nSPS) is 15.4. The molecule has 1 N–H and O–H groups in total. The summed E-state index contributed by atoms with van der Waals surface area (Å²) in [4.78, 5) is 4.51. The van der Waals surface area contributed by atoms with E-state index in [1.54, 1.807) is 13.3 Å². The molecule has 1 aliphatic rings. The van der Waals surface area contributed by atoms with E-state index < -0.39 is 0 Å². The molecule has 0 bridgehead atoms. The second-order valence-electron chi connectivity index (χ2n) is 6.34. The predicted octanol–water partition coefficient (Wildman–Crippen LogP) is 2.37. The minimum Gasteiger partial charge on any atom is -0.497 e. The van der Waals surface area contributed by atoms with E-state index in [9.17, 15) is 0 Å². The van der Waals surface area contributed by atoms with Crippen molar-refractivity contribution in [1.29, 1.82) is 0 Å². The molecule has 7 nitrogen and oxygen atoms in total. The van der Waals surface area contributed by atoms with Gasteiger partial charge in [-0.1, -0.05) is 5.21 Å². The van der Waals surface area contributed by atoms with Gasteiger partial charge < -0.3 is 10.1 Å². The molecule has 0 aliphatic carbocycles. The minimum atomic E-state index is 0.411. The van der Waals surface area contributed by atoms with E-state index in [1.165, 1.54) is 0 Å². The molecule has 0 amide bonds. The van der Waals surface area contributed by atoms with E-state index in [1.807, 2.05) is 39.8 Å². The molecule has 3 heterocycles. The number of aryl methyl sites for hydroxylation is 1. The molecule has 4 rings (SSSR count). The zero-order valence-corrected chi connectivity index (χ0v) is 14.5. The fraction of sp³-hybridized carbons (Fsp3) is 0.389. The number of benzene rings is 1. The topological polar surface area (TPSA) is 69.8 Å². The van der Waals surface area contributed by atoms with Crippen molar-refractivity contribution >= 4 is 0 Å². The molecule has 0 spiro atoms. The molecular formula is C18H22N6O. The smallest absolute Gasteiger partial charge is 0.166 e. The highest BCUT2D eigenvalue weighted by Crippen LogP contribution is 2.26. The maximum absolute atomic E-state index is 5.30. The highest BCUT2D eigenvalue weighted by Gasteiger charge is 2.19. The first-order chi connectivity index (χ1) is 12.3. The Hall–Kier alpha value is -2.67. The number of nitrogens with zero attached hydrogens (tertiary/aromatic N) is 5. The van der Waals surface area contributed by atoms with Gasteiger partial charge >= 0.3 is 0 Å². The van der Waals surface area contributed by atoms with E-state index in [-0.39, 0.29) is 0 Å². The maximum atomic E-state index is 5.30. The Bertz CT molecular complexity index is 862. The van der Waals surface area contributed by atoms with Crippen LogP contribution in [0.5, 0.6) is 5.75 Å². The van der Waals surface area contributed by atoms with Gasteiger partial charge in [-0.25, -0.2) is 9.67 Å². The Morgan fingerprint density at radius 1 is 1.24 bits per heavy atom. The lowest BCUT2D eigenvalue weighted by Gasteiger charge is -2.22. The van der Waals surface area contributed by atoms with Gasteiger partial charge in [-0.2, -0.15) is 0 Å². The molecule has 0 saturated carbocycles. The average molecular weight is 338 g/mol. The van der Waals surface area contributed by atoms with Gasteiger partial charge in [-0.15, -0.1) is 5.10 Å². The Kier molecular flexibility index (Phi) is 4.23. The van der Waals surface area contributed by atoms with Crippen LogP contribution in [0, 0.1) is 6.92 Å². The van der Waals surface area contributed by atoms with Gasteiger partial charge in [0.05, 0.1) is 25.0 Å². The molecule has 25 heavy (non-hydrogen) atoms. The number of nitrogens with one attached hydrogen (secondary N) is 1. The van der Waals surface area contributed by atoms with Crippen LogP contribution >= 0.6 is 0 Å². The Balaban J connectivity index is 1.67. The monoisotopic (exact) mass is 338 g/mol. The van der Waals surface area contributed by atoms with Crippen LogP contribution in [-0.2, 0) is 0 Å². The van der Waals surface area contributed by atoms with Gasteiger partial charge in [0, 0.05) is 12.4 Å². The molecule has 1 fully saturated rings. The molecule has 2 aromatic heterocycles. The first kappa shape index (κ1) is 15.8. The number of aromatic nitrogens is 5. The Labute approximate surface area is 146 Å². The summed E-state index contributed by atoms with van der Waals surface area (Å²) < 4.78 is 9.33. The van der Waals surface area contributed by atoms with E-state index in [4.69, 9.17) is 4.74 Å².